The third-order valence-corrected chi connectivity index (χ3v) is 2.81. The second-order valence-electron chi connectivity index (χ2n) is 3.97. The van der Waals surface area contributed by atoms with Crippen LogP contribution in [-0.4, -0.2) is 38.1 Å². The van der Waals surface area contributed by atoms with Gasteiger partial charge in [-0.15, -0.1) is 0 Å². The zero-order chi connectivity index (χ0) is 11.3. The number of likely N-dealkylation sites (N-methyl/N-ethyl adjacent to an activating group) is 1. The number of carbonyl (C=O) groups is 2. The smallest absolute Gasteiger partial charge is 0.275 e. The molecule has 0 aromatic carbocycles. The van der Waals surface area contributed by atoms with Crippen LogP contribution in [0.1, 0.15) is 19.8 Å². The number of likely N-dealkylation sites (tertiary alicyclic amines) is 1. The SMILES string of the molecule is CCNC(=O)C[NH+]1CCC(C(=O)[O-])CC1. The predicted molar refractivity (Wildman–Crippen MR) is 52.0 cm³/mol. The fraction of sp³-hybridized carbons (Fsp3) is 0.800. The van der Waals surface area contributed by atoms with Gasteiger partial charge in [0.1, 0.15) is 0 Å². The summed E-state index contributed by atoms with van der Waals surface area (Å²) in [6.45, 7) is 4.47. The molecule has 0 radical (unpaired) electrons. The van der Waals surface area contributed by atoms with Crippen LogP contribution in [-0.2, 0) is 9.59 Å². The highest BCUT2D eigenvalue weighted by Crippen LogP contribution is 2.07. The Bertz CT molecular complexity index is 235. The van der Waals surface area contributed by atoms with Crippen molar-refractivity contribution < 1.29 is 19.6 Å². The molecule has 1 aliphatic heterocycles. The van der Waals surface area contributed by atoms with E-state index in [0.717, 1.165) is 13.1 Å². The lowest BCUT2D eigenvalue weighted by Crippen LogP contribution is -3.14. The number of quaternary nitrogens is 1. The molecule has 1 aliphatic rings. The van der Waals surface area contributed by atoms with Crippen molar-refractivity contribution in [1.82, 2.24) is 5.32 Å². The van der Waals surface area contributed by atoms with Crippen molar-refractivity contribution in [3.8, 4) is 0 Å². The summed E-state index contributed by atoms with van der Waals surface area (Å²) in [5, 5.41) is 13.3. The molecule has 0 atom stereocenters. The maximum atomic E-state index is 11.3. The Hall–Kier alpha value is -1.10. The molecule has 1 rings (SSSR count). The van der Waals surface area contributed by atoms with Gasteiger partial charge in [-0.2, -0.15) is 0 Å². The molecule has 0 unspecified atom stereocenters. The van der Waals surface area contributed by atoms with Gasteiger partial charge < -0.3 is 20.1 Å². The van der Waals surface area contributed by atoms with E-state index in [9.17, 15) is 14.7 Å². The first-order valence-corrected chi connectivity index (χ1v) is 5.44. The number of rotatable bonds is 4. The Kier molecular flexibility index (Phi) is 4.55. The maximum Gasteiger partial charge on any atom is 0.275 e. The summed E-state index contributed by atoms with van der Waals surface area (Å²) in [6, 6.07) is 0. The van der Waals surface area contributed by atoms with Gasteiger partial charge in [0.05, 0.1) is 13.1 Å². The summed E-state index contributed by atoms with van der Waals surface area (Å²) < 4.78 is 0. The van der Waals surface area contributed by atoms with E-state index in [2.05, 4.69) is 5.32 Å². The van der Waals surface area contributed by atoms with Gasteiger partial charge in [-0.1, -0.05) is 0 Å². The number of nitrogens with one attached hydrogen (secondary N) is 2. The molecule has 5 heteroatoms. The van der Waals surface area contributed by atoms with Crippen molar-refractivity contribution in [2.24, 2.45) is 5.92 Å². The van der Waals surface area contributed by atoms with Crippen LogP contribution in [0.4, 0.5) is 0 Å². The van der Waals surface area contributed by atoms with Crippen LogP contribution < -0.4 is 15.3 Å². The number of hydrogen-bond acceptors (Lipinski definition) is 3. The Morgan fingerprint density at radius 2 is 2.00 bits per heavy atom. The summed E-state index contributed by atoms with van der Waals surface area (Å²) >= 11 is 0. The highest BCUT2D eigenvalue weighted by atomic mass is 16.4. The van der Waals surface area contributed by atoms with Gasteiger partial charge in [0.25, 0.3) is 5.91 Å². The van der Waals surface area contributed by atoms with E-state index in [0.29, 0.717) is 25.9 Å². The van der Waals surface area contributed by atoms with Crippen LogP contribution in [0.5, 0.6) is 0 Å². The van der Waals surface area contributed by atoms with Crippen molar-refractivity contribution in [3.63, 3.8) is 0 Å². The molecule has 1 heterocycles. The largest absolute Gasteiger partial charge is 0.550 e. The Labute approximate surface area is 89.4 Å². The van der Waals surface area contributed by atoms with Crippen molar-refractivity contribution in [2.45, 2.75) is 19.8 Å². The molecule has 0 spiro atoms. The first-order chi connectivity index (χ1) is 7.13. The van der Waals surface area contributed by atoms with Gasteiger partial charge >= 0.3 is 0 Å². The van der Waals surface area contributed by atoms with Crippen LogP contribution in [0, 0.1) is 5.92 Å². The molecular formula is C10H18N2O3. The molecule has 5 nitrogen and oxygen atoms in total. The van der Waals surface area contributed by atoms with E-state index in [1.165, 1.54) is 4.90 Å². The summed E-state index contributed by atoms with van der Waals surface area (Å²) in [5.41, 5.74) is 0. The number of carboxylic acids is 1. The maximum absolute atomic E-state index is 11.3. The second-order valence-corrected chi connectivity index (χ2v) is 3.97. The molecule has 1 amide bonds. The molecule has 0 saturated carbocycles. The normalized spacial score (nSPS) is 25.9. The highest BCUT2D eigenvalue weighted by Gasteiger charge is 2.24. The summed E-state index contributed by atoms with van der Waals surface area (Å²) in [7, 11) is 0. The Morgan fingerprint density at radius 1 is 1.40 bits per heavy atom. The minimum absolute atomic E-state index is 0.0411. The standard InChI is InChI=1S/C10H18N2O3/c1-2-11-9(13)7-12-5-3-8(4-6-12)10(14)15/h8H,2-7H2,1H3,(H,11,13)(H,14,15). The van der Waals surface area contributed by atoms with Crippen molar-refractivity contribution >= 4 is 11.9 Å². The van der Waals surface area contributed by atoms with Crippen LogP contribution in [0.15, 0.2) is 0 Å². The van der Waals surface area contributed by atoms with Crippen LogP contribution in [0.3, 0.4) is 0 Å². The lowest BCUT2D eigenvalue weighted by molar-refractivity contribution is -0.897. The van der Waals surface area contributed by atoms with E-state index < -0.39 is 5.97 Å². The van der Waals surface area contributed by atoms with Gasteiger partial charge in [-0.3, -0.25) is 4.79 Å². The zero-order valence-electron chi connectivity index (χ0n) is 9.04. The number of amides is 1. The van der Waals surface area contributed by atoms with E-state index in [1.807, 2.05) is 6.92 Å². The number of piperidine rings is 1. The molecule has 0 aromatic rings. The zero-order valence-corrected chi connectivity index (χ0v) is 9.04. The first kappa shape index (κ1) is 12.0. The average Bonchev–Trinajstić information content (AvgIpc) is 2.18. The summed E-state index contributed by atoms with van der Waals surface area (Å²) in [4.78, 5) is 23.0. The minimum atomic E-state index is -0.952. The monoisotopic (exact) mass is 214 g/mol. The molecule has 2 N–H and O–H groups in total. The molecule has 86 valence electrons. The lowest BCUT2D eigenvalue weighted by atomic mass is 9.97. The van der Waals surface area contributed by atoms with E-state index >= 15 is 0 Å². The average molecular weight is 214 g/mol. The fourth-order valence-electron chi connectivity index (χ4n) is 1.93. The predicted octanol–water partition coefficient (Wildman–Crippen LogP) is -2.83. The molecule has 1 saturated heterocycles. The number of aliphatic carboxylic acids is 1. The van der Waals surface area contributed by atoms with Gasteiger partial charge in [0.2, 0.25) is 0 Å². The number of carboxylic acid groups (broad SMARTS) is 1. The minimum Gasteiger partial charge on any atom is -0.550 e. The first-order valence-electron chi connectivity index (χ1n) is 5.44. The molecule has 0 bridgehead atoms. The van der Waals surface area contributed by atoms with E-state index in [4.69, 9.17) is 0 Å². The van der Waals surface area contributed by atoms with Crippen molar-refractivity contribution in [3.05, 3.63) is 0 Å². The molecule has 15 heavy (non-hydrogen) atoms. The number of carbonyl (C=O) groups excluding carboxylic acids is 2. The third-order valence-electron chi connectivity index (χ3n) is 2.81. The topological polar surface area (TPSA) is 73.7 Å². The van der Waals surface area contributed by atoms with Crippen LogP contribution in [0.2, 0.25) is 0 Å². The Balaban J connectivity index is 2.25. The van der Waals surface area contributed by atoms with Crippen LogP contribution >= 0.6 is 0 Å². The molecule has 0 aromatic heterocycles. The molecule has 0 aliphatic carbocycles. The fourth-order valence-corrected chi connectivity index (χ4v) is 1.93. The molecule has 1 fully saturated rings. The quantitative estimate of drug-likeness (QED) is 0.530. The van der Waals surface area contributed by atoms with E-state index in [-0.39, 0.29) is 11.8 Å². The van der Waals surface area contributed by atoms with Gasteiger partial charge in [-0.25, -0.2) is 0 Å². The third kappa shape index (κ3) is 3.87. The second kappa shape index (κ2) is 5.70. The molecular weight excluding hydrogens is 196 g/mol. The number of hydrogen-bond donors (Lipinski definition) is 2. The van der Waals surface area contributed by atoms with Gasteiger partial charge in [-0.05, 0) is 6.92 Å². The highest BCUT2D eigenvalue weighted by molar-refractivity contribution is 5.76. The summed E-state index contributed by atoms with van der Waals surface area (Å²) in [6.07, 6.45) is 1.24. The van der Waals surface area contributed by atoms with E-state index in [1.54, 1.807) is 0 Å². The van der Waals surface area contributed by atoms with Crippen LogP contribution in [0.25, 0.3) is 0 Å². The lowest BCUT2D eigenvalue weighted by Gasteiger charge is -2.29. The summed E-state index contributed by atoms with van der Waals surface area (Å²) in [5.74, 6) is -1.23. The van der Waals surface area contributed by atoms with Gasteiger partial charge in [0.15, 0.2) is 6.54 Å². The van der Waals surface area contributed by atoms with Gasteiger partial charge in [0, 0.05) is 31.3 Å². The Morgan fingerprint density at radius 3 is 2.47 bits per heavy atom. The van der Waals surface area contributed by atoms with Crippen molar-refractivity contribution in [2.75, 3.05) is 26.2 Å². The van der Waals surface area contributed by atoms with Crippen molar-refractivity contribution in [1.29, 1.82) is 0 Å².